The molecule has 0 amide bonds. The molecule has 22 heavy (non-hydrogen) atoms. The van der Waals surface area contributed by atoms with Gasteiger partial charge in [-0.15, -0.1) is 0 Å². The molecule has 124 valence electrons. The molecule has 1 fully saturated rings. The highest BCUT2D eigenvalue weighted by molar-refractivity contribution is 7.89. The molecule has 1 saturated heterocycles. The van der Waals surface area contributed by atoms with Gasteiger partial charge in [0.05, 0.1) is 19.0 Å². The number of sulfonamides is 1. The van der Waals surface area contributed by atoms with Crippen molar-refractivity contribution in [3.8, 4) is 0 Å². The van der Waals surface area contributed by atoms with Gasteiger partial charge in [-0.1, -0.05) is 30.3 Å². The molecule has 0 N–H and O–H groups in total. The van der Waals surface area contributed by atoms with Crippen molar-refractivity contribution < 1.29 is 13.2 Å². The van der Waals surface area contributed by atoms with Crippen LogP contribution in [0.2, 0.25) is 0 Å². The molecule has 1 aromatic carbocycles. The van der Waals surface area contributed by atoms with E-state index in [9.17, 15) is 8.42 Å². The Balaban J connectivity index is 1.71. The van der Waals surface area contributed by atoms with Crippen LogP contribution in [0, 0.1) is 0 Å². The van der Waals surface area contributed by atoms with E-state index in [2.05, 4.69) is 4.90 Å². The van der Waals surface area contributed by atoms with Gasteiger partial charge in [-0.3, -0.25) is 4.90 Å². The van der Waals surface area contributed by atoms with Gasteiger partial charge in [0.25, 0.3) is 0 Å². The Morgan fingerprint density at radius 3 is 2.55 bits per heavy atom. The van der Waals surface area contributed by atoms with E-state index in [1.807, 2.05) is 30.3 Å². The first-order valence-corrected chi connectivity index (χ1v) is 9.47. The molecule has 5 nitrogen and oxygen atoms in total. The van der Waals surface area contributed by atoms with Crippen LogP contribution in [0.25, 0.3) is 0 Å². The number of aryl methyl sites for hydroxylation is 1. The van der Waals surface area contributed by atoms with Crippen LogP contribution in [0.3, 0.4) is 0 Å². The summed E-state index contributed by atoms with van der Waals surface area (Å²) in [5.74, 6) is 0.210. The topological polar surface area (TPSA) is 49.9 Å². The van der Waals surface area contributed by atoms with E-state index in [4.69, 9.17) is 4.74 Å². The molecule has 0 radical (unpaired) electrons. The number of benzene rings is 1. The summed E-state index contributed by atoms with van der Waals surface area (Å²) in [4.78, 5) is 2.25. The van der Waals surface area contributed by atoms with Crippen LogP contribution in [0.4, 0.5) is 0 Å². The highest BCUT2D eigenvalue weighted by atomic mass is 32.2. The van der Waals surface area contributed by atoms with Crippen LogP contribution >= 0.6 is 0 Å². The number of hydrogen-bond acceptors (Lipinski definition) is 4. The van der Waals surface area contributed by atoms with Crippen LogP contribution in [0.1, 0.15) is 12.0 Å². The summed E-state index contributed by atoms with van der Waals surface area (Å²) < 4.78 is 31.3. The Labute approximate surface area is 133 Å². The first kappa shape index (κ1) is 17.4. The molecule has 0 saturated carbocycles. The molecule has 0 unspecified atom stereocenters. The van der Waals surface area contributed by atoms with Crippen molar-refractivity contribution in [1.82, 2.24) is 9.21 Å². The van der Waals surface area contributed by atoms with E-state index >= 15 is 0 Å². The molecule has 0 atom stereocenters. The average Bonchev–Trinajstić information content (AvgIpc) is 2.54. The fourth-order valence-electron chi connectivity index (χ4n) is 2.51. The molecular weight excluding hydrogens is 300 g/mol. The second-order valence-corrected chi connectivity index (χ2v) is 7.88. The van der Waals surface area contributed by atoms with Crippen molar-refractivity contribution in [2.24, 2.45) is 0 Å². The third-order valence-electron chi connectivity index (χ3n) is 4.02. The predicted molar refractivity (Wildman–Crippen MR) is 88.4 cm³/mol. The zero-order valence-electron chi connectivity index (χ0n) is 13.3. The third kappa shape index (κ3) is 5.68. The van der Waals surface area contributed by atoms with Gasteiger partial charge in [0, 0.05) is 33.2 Å². The Kier molecular flexibility index (Phi) is 6.82. The molecule has 0 aliphatic carbocycles. The smallest absolute Gasteiger partial charge is 0.213 e. The summed E-state index contributed by atoms with van der Waals surface area (Å²) in [6, 6.07) is 10.0. The van der Waals surface area contributed by atoms with Gasteiger partial charge in [0.2, 0.25) is 10.0 Å². The van der Waals surface area contributed by atoms with Crippen LogP contribution in [0.5, 0.6) is 0 Å². The van der Waals surface area contributed by atoms with Gasteiger partial charge in [-0.2, -0.15) is 0 Å². The second-order valence-electron chi connectivity index (χ2n) is 5.68. The number of nitrogens with zero attached hydrogens (tertiary/aromatic N) is 2. The molecule has 2 rings (SSSR count). The van der Waals surface area contributed by atoms with Crippen molar-refractivity contribution in [3.63, 3.8) is 0 Å². The maximum absolute atomic E-state index is 12.3. The highest BCUT2D eigenvalue weighted by Crippen LogP contribution is 2.07. The molecule has 1 aromatic rings. The lowest BCUT2D eigenvalue weighted by atomic mass is 10.1. The quantitative estimate of drug-likeness (QED) is 0.721. The van der Waals surface area contributed by atoms with E-state index in [1.165, 1.54) is 9.87 Å². The fraction of sp³-hybridized carbons (Fsp3) is 0.625. The van der Waals surface area contributed by atoms with Crippen molar-refractivity contribution >= 4 is 10.0 Å². The largest absolute Gasteiger partial charge is 0.379 e. The van der Waals surface area contributed by atoms with Gasteiger partial charge in [0.1, 0.15) is 0 Å². The van der Waals surface area contributed by atoms with E-state index < -0.39 is 10.0 Å². The fourth-order valence-corrected chi connectivity index (χ4v) is 3.69. The summed E-state index contributed by atoms with van der Waals surface area (Å²) in [5.41, 5.74) is 1.19. The summed E-state index contributed by atoms with van der Waals surface area (Å²) in [7, 11) is -1.48. The van der Waals surface area contributed by atoms with Gasteiger partial charge >= 0.3 is 0 Å². The number of ether oxygens (including phenoxy) is 1. The summed E-state index contributed by atoms with van der Waals surface area (Å²) in [5, 5.41) is 0. The predicted octanol–water partition coefficient (Wildman–Crippen LogP) is 1.21. The maximum Gasteiger partial charge on any atom is 0.213 e. The zero-order chi connectivity index (χ0) is 15.8. The van der Waals surface area contributed by atoms with Crippen LogP contribution < -0.4 is 0 Å². The molecule has 0 spiro atoms. The Bertz CT molecular complexity index is 528. The first-order valence-electron chi connectivity index (χ1n) is 7.86. The highest BCUT2D eigenvalue weighted by Gasteiger charge is 2.19. The van der Waals surface area contributed by atoms with Crippen LogP contribution in [-0.4, -0.2) is 69.8 Å². The maximum atomic E-state index is 12.3. The van der Waals surface area contributed by atoms with Gasteiger partial charge in [-0.25, -0.2) is 12.7 Å². The summed E-state index contributed by atoms with van der Waals surface area (Å²) >= 11 is 0. The number of likely N-dealkylation sites (N-methyl/N-ethyl adjacent to an activating group) is 1. The van der Waals surface area contributed by atoms with Crippen molar-refractivity contribution in [3.05, 3.63) is 35.9 Å². The number of morpholine rings is 1. The van der Waals surface area contributed by atoms with Gasteiger partial charge in [-0.05, 0) is 18.4 Å². The number of hydrogen-bond donors (Lipinski definition) is 0. The van der Waals surface area contributed by atoms with E-state index in [1.54, 1.807) is 7.05 Å². The van der Waals surface area contributed by atoms with Gasteiger partial charge < -0.3 is 4.74 Å². The normalized spacial score (nSPS) is 17.0. The lowest BCUT2D eigenvalue weighted by molar-refractivity contribution is 0.0368. The van der Waals surface area contributed by atoms with Crippen LogP contribution in [-0.2, 0) is 21.2 Å². The minimum absolute atomic E-state index is 0.210. The molecular formula is C16H26N2O3S. The van der Waals surface area contributed by atoms with E-state index in [-0.39, 0.29) is 5.75 Å². The number of rotatable bonds is 8. The Hall–Kier alpha value is -0.950. The molecule has 1 aliphatic rings. The molecule has 0 bridgehead atoms. The van der Waals surface area contributed by atoms with Crippen molar-refractivity contribution in [2.75, 3.05) is 52.2 Å². The first-order chi connectivity index (χ1) is 10.6. The summed E-state index contributed by atoms with van der Waals surface area (Å²) in [6.07, 6.45) is 1.46. The lowest BCUT2D eigenvalue weighted by Crippen LogP contribution is -2.42. The van der Waals surface area contributed by atoms with E-state index in [0.717, 1.165) is 39.3 Å². The van der Waals surface area contributed by atoms with Crippen molar-refractivity contribution in [1.29, 1.82) is 0 Å². The summed E-state index contributed by atoms with van der Waals surface area (Å²) in [6.45, 7) is 4.59. The minimum atomic E-state index is -3.16. The third-order valence-corrected chi connectivity index (χ3v) is 5.96. The molecule has 6 heteroatoms. The molecule has 0 aromatic heterocycles. The van der Waals surface area contributed by atoms with E-state index in [0.29, 0.717) is 13.0 Å². The zero-order valence-corrected chi connectivity index (χ0v) is 14.1. The Morgan fingerprint density at radius 2 is 1.86 bits per heavy atom. The lowest BCUT2D eigenvalue weighted by Gasteiger charge is -2.28. The Morgan fingerprint density at radius 1 is 1.18 bits per heavy atom. The van der Waals surface area contributed by atoms with Gasteiger partial charge in [0.15, 0.2) is 0 Å². The minimum Gasteiger partial charge on any atom is -0.379 e. The SMILES string of the molecule is CN(CCN1CCOCC1)S(=O)(=O)CCCc1ccccc1. The second kappa shape index (κ2) is 8.62. The average molecular weight is 326 g/mol. The molecule has 1 aliphatic heterocycles. The molecule has 1 heterocycles. The monoisotopic (exact) mass is 326 g/mol. The van der Waals surface area contributed by atoms with Crippen molar-refractivity contribution in [2.45, 2.75) is 12.8 Å². The van der Waals surface area contributed by atoms with Crippen LogP contribution in [0.15, 0.2) is 30.3 Å². The standard InChI is InChI=1S/C16H26N2O3S/c1-17(9-10-18-11-13-21-14-12-18)22(19,20)15-5-8-16-6-3-2-4-7-16/h2-4,6-7H,5,8-15H2,1H3.